The van der Waals surface area contributed by atoms with Crippen LogP contribution in [0.1, 0.15) is 24.8 Å². The summed E-state index contributed by atoms with van der Waals surface area (Å²) in [4.78, 5) is 13.1. The number of likely N-dealkylation sites (tertiary alicyclic amines) is 1. The average molecular weight is 311 g/mol. The third-order valence-corrected chi connectivity index (χ3v) is 5.47. The van der Waals surface area contributed by atoms with E-state index in [-0.39, 0.29) is 17.1 Å². The Morgan fingerprint density at radius 3 is 2.29 bits per heavy atom. The van der Waals surface area contributed by atoms with Gasteiger partial charge in [-0.15, -0.1) is 0 Å². The zero-order chi connectivity index (χ0) is 15.3. The van der Waals surface area contributed by atoms with Crippen LogP contribution in [0.25, 0.3) is 0 Å². The molecule has 1 fully saturated rings. The van der Waals surface area contributed by atoms with Gasteiger partial charge in [-0.1, -0.05) is 18.6 Å². The molecule has 0 atom stereocenters. The Morgan fingerprint density at radius 1 is 1.10 bits per heavy atom. The zero-order valence-corrected chi connectivity index (χ0v) is 12.8. The van der Waals surface area contributed by atoms with Gasteiger partial charge >= 0.3 is 5.97 Å². The number of sulfone groups is 1. The molecule has 0 radical (unpaired) electrons. The Balaban J connectivity index is 1.96. The molecular formula is C15H21NO4S. The number of carboxylic acids is 1. The van der Waals surface area contributed by atoms with E-state index in [9.17, 15) is 13.2 Å². The molecule has 1 aliphatic heterocycles. The van der Waals surface area contributed by atoms with Gasteiger partial charge in [-0.2, -0.15) is 0 Å². The maximum Gasteiger partial charge on any atom is 0.307 e. The van der Waals surface area contributed by atoms with Crippen LogP contribution in [0.2, 0.25) is 0 Å². The van der Waals surface area contributed by atoms with E-state index in [1.807, 2.05) is 0 Å². The summed E-state index contributed by atoms with van der Waals surface area (Å²) in [5.41, 5.74) is 0.609. The molecule has 21 heavy (non-hydrogen) atoms. The lowest BCUT2D eigenvalue weighted by molar-refractivity contribution is -0.136. The molecule has 1 heterocycles. The third kappa shape index (κ3) is 4.82. The molecule has 5 nitrogen and oxygen atoms in total. The van der Waals surface area contributed by atoms with Gasteiger partial charge in [0.25, 0.3) is 0 Å². The Bertz CT molecular complexity index is 574. The molecule has 1 aromatic rings. The lowest BCUT2D eigenvalue weighted by Gasteiger charge is -2.26. The molecule has 0 aromatic heterocycles. The van der Waals surface area contributed by atoms with Gasteiger partial charge < -0.3 is 10.0 Å². The third-order valence-electron chi connectivity index (χ3n) is 3.76. The van der Waals surface area contributed by atoms with Crippen LogP contribution in [0.3, 0.4) is 0 Å². The molecule has 0 saturated carbocycles. The minimum absolute atomic E-state index is 0.0892. The summed E-state index contributed by atoms with van der Waals surface area (Å²) in [6, 6.07) is 6.15. The summed E-state index contributed by atoms with van der Waals surface area (Å²) in [5.74, 6) is -0.804. The summed E-state index contributed by atoms with van der Waals surface area (Å²) >= 11 is 0. The number of rotatable bonds is 6. The predicted octanol–water partition coefficient (Wildman–Crippen LogP) is 1.57. The van der Waals surface area contributed by atoms with Crippen LogP contribution in [0.15, 0.2) is 29.2 Å². The van der Waals surface area contributed by atoms with E-state index in [1.165, 1.54) is 18.6 Å². The second kappa shape index (κ2) is 7.04. The predicted molar refractivity (Wildman–Crippen MR) is 80.1 cm³/mol. The van der Waals surface area contributed by atoms with Crippen molar-refractivity contribution in [1.29, 1.82) is 0 Å². The Kier molecular flexibility index (Phi) is 5.36. The number of benzene rings is 1. The van der Waals surface area contributed by atoms with Crippen molar-refractivity contribution in [3.8, 4) is 0 Å². The van der Waals surface area contributed by atoms with Crippen LogP contribution in [-0.2, 0) is 21.1 Å². The average Bonchev–Trinajstić information content (AvgIpc) is 2.46. The van der Waals surface area contributed by atoms with E-state index >= 15 is 0 Å². The fourth-order valence-corrected chi connectivity index (χ4v) is 3.82. The van der Waals surface area contributed by atoms with Crippen LogP contribution < -0.4 is 0 Å². The van der Waals surface area contributed by atoms with Crippen molar-refractivity contribution in [3.63, 3.8) is 0 Å². The quantitative estimate of drug-likeness (QED) is 0.863. The highest BCUT2D eigenvalue weighted by Crippen LogP contribution is 2.15. The topological polar surface area (TPSA) is 74.7 Å². The monoisotopic (exact) mass is 311 g/mol. The van der Waals surface area contributed by atoms with Gasteiger partial charge in [0.05, 0.1) is 17.1 Å². The first-order chi connectivity index (χ1) is 9.97. The minimum atomic E-state index is -3.29. The number of aliphatic carboxylic acids is 1. The highest BCUT2D eigenvalue weighted by atomic mass is 32.2. The van der Waals surface area contributed by atoms with E-state index in [2.05, 4.69) is 4.90 Å². The minimum Gasteiger partial charge on any atom is -0.481 e. The fraction of sp³-hybridized carbons (Fsp3) is 0.533. The van der Waals surface area contributed by atoms with Crippen LogP contribution in [0.4, 0.5) is 0 Å². The van der Waals surface area contributed by atoms with Crippen molar-refractivity contribution in [1.82, 2.24) is 4.90 Å². The summed E-state index contributed by atoms with van der Waals surface area (Å²) in [5, 5.41) is 8.70. The van der Waals surface area contributed by atoms with Gasteiger partial charge in [-0.3, -0.25) is 4.79 Å². The summed E-state index contributed by atoms with van der Waals surface area (Å²) in [6.45, 7) is 2.53. The molecule has 0 bridgehead atoms. The number of hydrogen-bond acceptors (Lipinski definition) is 4. The van der Waals surface area contributed by atoms with Crippen molar-refractivity contribution >= 4 is 15.8 Å². The number of carboxylic acid groups (broad SMARTS) is 1. The largest absolute Gasteiger partial charge is 0.481 e. The van der Waals surface area contributed by atoms with Gasteiger partial charge in [-0.05, 0) is 43.6 Å². The molecule has 116 valence electrons. The van der Waals surface area contributed by atoms with Gasteiger partial charge in [-0.25, -0.2) is 8.42 Å². The molecule has 2 rings (SSSR count). The van der Waals surface area contributed by atoms with Crippen LogP contribution in [0, 0.1) is 0 Å². The maximum absolute atomic E-state index is 12.3. The molecule has 1 aromatic carbocycles. The molecule has 0 amide bonds. The molecule has 0 unspecified atom stereocenters. The lowest BCUT2D eigenvalue weighted by Crippen LogP contribution is -2.33. The highest BCUT2D eigenvalue weighted by molar-refractivity contribution is 7.91. The second-order valence-electron chi connectivity index (χ2n) is 5.44. The van der Waals surface area contributed by atoms with Gasteiger partial charge in [0.2, 0.25) is 0 Å². The summed E-state index contributed by atoms with van der Waals surface area (Å²) in [7, 11) is -3.29. The lowest BCUT2D eigenvalue weighted by atomic mass is 10.1. The van der Waals surface area contributed by atoms with E-state index in [1.54, 1.807) is 12.1 Å². The molecule has 1 saturated heterocycles. The molecule has 0 spiro atoms. The molecule has 1 N–H and O–H groups in total. The van der Waals surface area contributed by atoms with Crippen molar-refractivity contribution in [3.05, 3.63) is 29.8 Å². The summed E-state index contributed by atoms with van der Waals surface area (Å²) < 4.78 is 24.5. The molecule has 6 heteroatoms. The smallest absolute Gasteiger partial charge is 0.307 e. The van der Waals surface area contributed by atoms with Crippen molar-refractivity contribution in [2.75, 3.05) is 25.4 Å². The Labute approximate surface area is 125 Å². The standard InChI is InChI=1S/C15H21NO4S/c17-15(18)12-13-4-6-14(7-5-13)21(19,20)11-10-16-8-2-1-3-9-16/h4-7H,1-3,8-12H2,(H,17,18). The van der Waals surface area contributed by atoms with E-state index in [4.69, 9.17) is 5.11 Å². The van der Waals surface area contributed by atoms with Gasteiger partial charge in [0.15, 0.2) is 9.84 Å². The summed E-state index contributed by atoms with van der Waals surface area (Å²) in [6.07, 6.45) is 3.43. The van der Waals surface area contributed by atoms with E-state index in [0.717, 1.165) is 25.9 Å². The Hall–Kier alpha value is -1.40. The van der Waals surface area contributed by atoms with Crippen molar-refractivity contribution in [2.24, 2.45) is 0 Å². The van der Waals surface area contributed by atoms with Crippen molar-refractivity contribution in [2.45, 2.75) is 30.6 Å². The van der Waals surface area contributed by atoms with E-state index < -0.39 is 15.8 Å². The van der Waals surface area contributed by atoms with Crippen LogP contribution >= 0.6 is 0 Å². The van der Waals surface area contributed by atoms with Crippen LogP contribution in [0.5, 0.6) is 0 Å². The highest BCUT2D eigenvalue weighted by Gasteiger charge is 2.18. The second-order valence-corrected chi connectivity index (χ2v) is 7.54. The van der Waals surface area contributed by atoms with Gasteiger partial charge in [0, 0.05) is 6.54 Å². The first kappa shape index (κ1) is 16.0. The normalized spacial score (nSPS) is 16.8. The first-order valence-electron chi connectivity index (χ1n) is 7.23. The maximum atomic E-state index is 12.3. The van der Waals surface area contributed by atoms with Crippen LogP contribution in [-0.4, -0.2) is 49.8 Å². The number of carbonyl (C=O) groups is 1. The zero-order valence-electron chi connectivity index (χ0n) is 12.0. The first-order valence-corrected chi connectivity index (χ1v) is 8.88. The number of nitrogens with zero attached hydrogens (tertiary/aromatic N) is 1. The molecule has 0 aliphatic carbocycles. The fourth-order valence-electron chi connectivity index (χ4n) is 2.54. The Morgan fingerprint density at radius 2 is 1.71 bits per heavy atom. The van der Waals surface area contributed by atoms with E-state index in [0.29, 0.717) is 12.1 Å². The van der Waals surface area contributed by atoms with Crippen molar-refractivity contribution < 1.29 is 18.3 Å². The van der Waals surface area contributed by atoms with Gasteiger partial charge in [0.1, 0.15) is 0 Å². The number of hydrogen-bond donors (Lipinski definition) is 1. The SMILES string of the molecule is O=C(O)Cc1ccc(S(=O)(=O)CCN2CCCCC2)cc1. The molecule has 1 aliphatic rings. The number of piperidine rings is 1. The molecular weight excluding hydrogens is 290 g/mol.